The number of rotatable bonds is 6. The largest absolute Gasteiger partial charge is 0.111 e. The highest BCUT2D eigenvalue weighted by atomic mass is 35.5. The maximum absolute atomic E-state index is 6.44. The third-order valence-corrected chi connectivity index (χ3v) is 9.54. The minimum atomic E-state index is -0.212. The van der Waals surface area contributed by atoms with Crippen LogP contribution in [0.2, 0.25) is 30.1 Å². The van der Waals surface area contributed by atoms with E-state index in [1.807, 2.05) is 13.8 Å². The molecule has 0 spiro atoms. The number of halogens is 8. The third kappa shape index (κ3) is 6.40. The Kier molecular flexibility index (Phi) is 10.1. The summed E-state index contributed by atoms with van der Waals surface area (Å²) in [6, 6.07) is 3.42. The summed E-state index contributed by atoms with van der Waals surface area (Å²) in [5.41, 5.74) is 0. The standard InChI is InChI=1S/C16H10Cl8S3/c1-5(17)25-15-7(19)3-9(11(21)13(15)23)27-10-4-8(20)16(26-6(2)18)14(24)12(10)22/h3-6H,1-2H3. The van der Waals surface area contributed by atoms with Crippen molar-refractivity contribution < 1.29 is 0 Å². The first kappa shape index (κ1) is 25.1. The number of thioether (sulfide) groups is 2. The van der Waals surface area contributed by atoms with Crippen LogP contribution in [0.15, 0.2) is 31.7 Å². The van der Waals surface area contributed by atoms with E-state index in [9.17, 15) is 0 Å². The molecule has 0 aromatic heterocycles. The lowest BCUT2D eigenvalue weighted by molar-refractivity contribution is 1.30. The monoisotopic (exact) mass is 578 g/mol. The predicted octanol–water partition coefficient (Wildman–Crippen LogP) is 11.1. The minimum Gasteiger partial charge on any atom is -0.111 e. The summed E-state index contributed by atoms with van der Waals surface area (Å²) < 4.78 is -0.424. The first-order chi connectivity index (χ1) is 12.5. The smallest absolute Gasteiger partial charge is 0.0808 e. The molecule has 0 N–H and O–H groups in total. The lowest BCUT2D eigenvalue weighted by atomic mass is 10.3. The highest BCUT2D eigenvalue weighted by Gasteiger charge is 2.21. The van der Waals surface area contributed by atoms with Crippen LogP contribution in [0, 0.1) is 0 Å². The van der Waals surface area contributed by atoms with Gasteiger partial charge >= 0.3 is 0 Å². The minimum absolute atomic E-state index is 0.212. The summed E-state index contributed by atoms with van der Waals surface area (Å²) in [7, 11) is 0. The van der Waals surface area contributed by atoms with E-state index in [-0.39, 0.29) is 9.42 Å². The number of alkyl halides is 2. The van der Waals surface area contributed by atoms with Crippen molar-refractivity contribution in [1.82, 2.24) is 0 Å². The summed E-state index contributed by atoms with van der Waals surface area (Å²) >= 11 is 54.3. The van der Waals surface area contributed by atoms with Crippen LogP contribution < -0.4 is 0 Å². The Labute approximate surface area is 211 Å². The van der Waals surface area contributed by atoms with Gasteiger partial charge in [0.05, 0.1) is 39.6 Å². The number of hydrogen-bond acceptors (Lipinski definition) is 3. The molecule has 0 radical (unpaired) electrons. The fourth-order valence-electron chi connectivity index (χ4n) is 1.92. The average molecular weight is 582 g/mol. The fraction of sp³-hybridized carbons (Fsp3) is 0.250. The molecule has 0 amide bonds. The molecule has 0 saturated heterocycles. The van der Waals surface area contributed by atoms with Crippen molar-refractivity contribution in [2.45, 2.75) is 42.8 Å². The zero-order valence-electron chi connectivity index (χ0n) is 13.6. The zero-order valence-corrected chi connectivity index (χ0v) is 22.1. The fourth-order valence-corrected chi connectivity index (χ4v) is 7.16. The Bertz CT molecular complexity index is 785. The van der Waals surface area contributed by atoms with E-state index in [1.54, 1.807) is 12.1 Å². The Morgan fingerprint density at radius 1 is 0.630 bits per heavy atom. The number of benzene rings is 2. The van der Waals surface area contributed by atoms with Crippen LogP contribution in [0.4, 0.5) is 0 Å². The second-order valence-corrected chi connectivity index (χ2v) is 13.0. The van der Waals surface area contributed by atoms with Gasteiger partial charge in [0.1, 0.15) is 0 Å². The molecule has 0 saturated carbocycles. The highest BCUT2D eigenvalue weighted by molar-refractivity contribution is 8.01. The van der Waals surface area contributed by atoms with Crippen LogP contribution in [-0.4, -0.2) is 9.42 Å². The van der Waals surface area contributed by atoms with E-state index in [0.29, 0.717) is 49.7 Å². The second kappa shape index (κ2) is 10.9. The third-order valence-electron chi connectivity index (χ3n) is 2.95. The molecule has 2 aromatic rings. The van der Waals surface area contributed by atoms with Gasteiger partial charge in [-0.1, -0.05) is 81.4 Å². The van der Waals surface area contributed by atoms with Crippen LogP contribution in [-0.2, 0) is 0 Å². The van der Waals surface area contributed by atoms with Crippen LogP contribution >= 0.6 is 128 Å². The Hall–Kier alpha value is 1.81. The van der Waals surface area contributed by atoms with Crippen molar-refractivity contribution in [1.29, 1.82) is 0 Å². The first-order valence-electron chi connectivity index (χ1n) is 7.17. The van der Waals surface area contributed by atoms with Crippen LogP contribution in [0.25, 0.3) is 0 Å². The van der Waals surface area contributed by atoms with Crippen molar-refractivity contribution in [3.8, 4) is 0 Å². The molecule has 148 valence electrons. The quantitative estimate of drug-likeness (QED) is 0.189. The lowest BCUT2D eigenvalue weighted by Gasteiger charge is -2.16. The van der Waals surface area contributed by atoms with E-state index in [4.69, 9.17) is 92.8 Å². The molecule has 0 aliphatic heterocycles. The molecule has 0 bridgehead atoms. The molecule has 0 fully saturated rings. The van der Waals surface area contributed by atoms with Gasteiger partial charge in [-0.05, 0) is 26.0 Å². The van der Waals surface area contributed by atoms with Crippen molar-refractivity contribution in [3.05, 3.63) is 42.3 Å². The molecule has 0 nitrogen and oxygen atoms in total. The normalized spacial score (nSPS) is 13.7. The molecule has 0 aliphatic rings. The van der Waals surface area contributed by atoms with Gasteiger partial charge in [-0.25, -0.2) is 0 Å². The van der Waals surface area contributed by atoms with E-state index in [0.717, 1.165) is 0 Å². The molecule has 2 unspecified atom stereocenters. The summed E-state index contributed by atoms with van der Waals surface area (Å²) in [5, 5.41) is 2.26. The van der Waals surface area contributed by atoms with Gasteiger partial charge in [-0.3, -0.25) is 0 Å². The summed E-state index contributed by atoms with van der Waals surface area (Å²) in [4.78, 5) is 2.50. The van der Waals surface area contributed by atoms with Crippen LogP contribution in [0.5, 0.6) is 0 Å². The molecule has 2 rings (SSSR count). The van der Waals surface area contributed by atoms with Gasteiger partial charge in [-0.2, -0.15) is 0 Å². The number of hydrogen-bond donors (Lipinski definition) is 0. The van der Waals surface area contributed by atoms with E-state index in [2.05, 4.69) is 0 Å². The van der Waals surface area contributed by atoms with E-state index >= 15 is 0 Å². The molecular formula is C16H10Cl8S3. The topological polar surface area (TPSA) is 0 Å². The van der Waals surface area contributed by atoms with Crippen molar-refractivity contribution in [3.63, 3.8) is 0 Å². The van der Waals surface area contributed by atoms with Crippen LogP contribution in [0.1, 0.15) is 13.8 Å². The molecule has 0 heterocycles. The van der Waals surface area contributed by atoms with Crippen molar-refractivity contribution >= 4 is 128 Å². The highest BCUT2D eigenvalue weighted by Crippen LogP contribution is 2.51. The van der Waals surface area contributed by atoms with Gasteiger partial charge in [0.15, 0.2) is 0 Å². The Balaban J connectivity index is 2.46. The lowest BCUT2D eigenvalue weighted by Crippen LogP contribution is -1.90. The second-order valence-electron chi connectivity index (χ2n) is 5.05. The van der Waals surface area contributed by atoms with Gasteiger partial charge in [-0.15, -0.1) is 46.7 Å². The van der Waals surface area contributed by atoms with Crippen LogP contribution in [0.3, 0.4) is 0 Å². The molecule has 11 heteroatoms. The summed E-state index contributed by atoms with van der Waals surface area (Å²) in [6.07, 6.45) is 0. The van der Waals surface area contributed by atoms with Gasteiger partial charge in [0.25, 0.3) is 0 Å². The van der Waals surface area contributed by atoms with Gasteiger partial charge in [0.2, 0.25) is 0 Å². The maximum Gasteiger partial charge on any atom is 0.0808 e. The molecular weight excluding hydrogens is 572 g/mol. The zero-order chi connectivity index (χ0) is 20.5. The molecule has 27 heavy (non-hydrogen) atoms. The van der Waals surface area contributed by atoms with Gasteiger partial charge in [0, 0.05) is 19.6 Å². The molecule has 2 atom stereocenters. The van der Waals surface area contributed by atoms with Gasteiger partial charge < -0.3 is 0 Å². The Morgan fingerprint density at radius 2 is 0.963 bits per heavy atom. The summed E-state index contributed by atoms with van der Waals surface area (Å²) in [5.74, 6) is 0. The predicted molar refractivity (Wildman–Crippen MR) is 129 cm³/mol. The SMILES string of the molecule is CC(Cl)Sc1c(Cl)cc(Sc2cc(Cl)c(SC(C)Cl)c(Cl)c2Cl)c(Cl)c1Cl. The summed E-state index contributed by atoms with van der Waals surface area (Å²) in [6.45, 7) is 3.64. The van der Waals surface area contributed by atoms with E-state index < -0.39 is 0 Å². The van der Waals surface area contributed by atoms with Crippen molar-refractivity contribution in [2.24, 2.45) is 0 Å². The van der Waals surface area contributed by atoms with Crippen molar-refractivity contribution in [2.75, 3.05) is 0 Å². The van der Waals surface area contributed by atoms with E-state index in [1.165, 1.54) is 35.3 Å². The molecule has 0 aliphatic carbocycles. The molecule has 2 aromatic carbocycles. The first-order valence-corrected chi connectivity index (χ1v) is 12.9. The maximum atomic E-state index is 6.44. The Morgan fingerprint density at radius 3 is 1.26 bits per heavy atom. The average Bonchev–Trinajstić information content (AvgIpc) is 2.57.